The summed E-state index contributed by atoms with van der Waals surface area (Å²) in [7, 11) is 0. The van der Waals surface area contributed by atoms with E-state index in [1.54, 1.807) is 36.4 Å². The van der Waals surface area contributed by atoms with Crippen molar-refractivity contribution in [2.75, 3.05) is 124 Å². The Morgan fingerprint density at radius 2 is 1.03 bits per heavy atom. The SMILES string of the molecule is O=C(CCOCCOCCOCCOCCOCCOCCOCCOCCNC(=S)Nc1ccc2c(c1)C(=O)OCc1ccc(O)cc1Oc1cc(O)ccc1C2)NCCc1ccc(O)cc1. The van der Waals surface area contributed by atoms with Gasteiger partial charge in [0.2, 0.25) is 5.91 Å². The first kappa shape index (κ1) is 53.3. The summed E-state index contributed by atoms with van der Waals surface area (Å²) in [6.45, 7) is 7.69. The Labute approximate surface area is 402 Å². The second kappa shape index (κ2) is 31.4. The third-order valence-electron chi connectivity index (χ3n) is 9.93. The molecule has 6 N–H and O–H groups in total. The van der Waals surface area contributed by atoms with E-state index in [1.165, 1.54) is 18.2 Å². The molecule has 0 atom stereocenters. The number of hydrogen-bond acceptors (Lipinski definition) is 16. The van der Waals surface area contributed by atoms with Crippen molar-refractivity contribution in [3.8, 4) is 28.7 Å². The smallest absolute Gasteiger partial charge is 0.338 e. The number of rotatable bonds is 31. The maximum Gasteiger partial charge on any atom is 0.338 e. The lowest BCUT2D eigenvalue weighted by atomic mass is 9.98. The van der Waals surface area contributed by atoms with E-state index in [0.717, 1.165) is 11.1 Å². The zero-order valence-corrected chi connectivity index (χ0v) is 39.0. The molecule has 1 amide bonds. The van der Waals surface area contributed by atoms with Gasteiger partial charge >= 0.3 is 5.97 Å². The van der Waals surface area contributed by atoms with Crippen LogP contribution in [0.4, 0.5) is 5.69 Å². The van der Waals surface area contributed by atoms with E-state index in [-0.39, 0.29) is 36.2 Å². The van der Waals surface area contributed by atoms with Crippen LogP contribution in [0.2, 0.25) is 0 Å². The van der Waals surface area contributed by atoms with Crippen LogP contribution in [-0.4, -0.2) is 151 Å². The van der Waals surface area contributed by atoms with Crippen LogP contribution >= 0.6 is 12.2 Å². The normalized spacial score (nSPS) is 12.1. The number of hydrogen-bond donors (Lipinski definition) is 6. The van der Waals surface area contributed by atoms with Crippen molar-refractivity contribution in [2.45, 2.75) is 25.9 Å². The number of phenols is 3. The Hall–Kier alpha value is -5.61. The van der Waals surface area contributed by atoms with Gasteiger partial charge in [-0.3, -0.25) is 4.79 Å². The highest BCUT2D eigenvalue weighted by Gasteiger charge is 2.20. The maximum absolute atomic E-state index is 13.4. The molecule has 1 heterocycles. The molecule has 0 spiro atoms. The first-order valence-electron chi connectivity index (χ1n) is 22.6. The van der Waals surface area contributed by atoms with Crippen molar-refractivity contribution in [3.63, 3.8) is 0 Å². The average molecular weight is 966 g/mol. The molecule has 0 bridgehead atoms. The third kappa shape index (κ3) is 21.1. The molecule has 4 aromatic carbocycles. The van der Waals surface area contributed by atoms with Crippen LogP contribution in [0.3, 0.4) is 0 Å². The second-order valence-electron chi connectivity index (χ2n) is 15.1. The Morgan fingerprint density at radius 3 is 1.60 bits per heavy atom. The minimum Gasteiger partial charge on any atom is -0.508 e. The van der Waals surface area contributed by atoms with Gasteiger partial charge in [0, 0.05) is 49.3 Å². The summed E-state index contributed by atoms with van der Waals surface area (Å²) in [5, 5.41) is 39.0. The Bertz CT molecular complexity index is 2130. The van der Waals surface area contributed by atoms with E-state index in [9.17, 15) is 24.9 Å². The quantitative estimate of drug-likeness (QED) is 0.0221. The van der Waals surface area contributed by atoms with Crippen LogP contribution in [0, 0.1) is 0 Å². The molecule has 5 rings (SSSR count). The maximum atomic E-state index is 13.4. The van der Waals surface area contributed by atoms with Crippen LogP contribution < -0.4 is 20.7 Å². The van der Waals surface area contributed by atoms with Crippen LogP contribution in [0.1, 0.15) is 39.0 Å². The number of fused-ring (bicyclic) bond motifs is 3. The molecule has 370 valence electrons. The van der Waals surface area contributed by atoms with Crippen LogP contribution in [0.15, 0.2) is 78.9 Å². The summed E-state index contributed by atoms with van der Waals surface area (Å²) in [4.78, 5) is 25.3. The van der Waals surface area contributed by atoms with Crippen molar-refractivity contribution >= 4 is 34.9 Å². The fourth-order valence-corrected chi connectivity index (χ4v) is 6.62. The summed E-state index contributed by atoms with van der Waals surface area (Å²) >= 11 is 5.48. The number of esters is 1. The van der Waals surface area contributed by atoms with Gasteiger partial charge in [0.15, 0.2) is 5.11 Å². The molecule has 68 heavy (non-hydrogen) atoms. The number of cyclic esters (lactones) is 1. The Balaban J connectivity index is 0.778. The third-order valence-corrected chi connectivity index (χ3v) is 10.2. The van der Waals surface area contributed by atoms with Crippen molar-refractivity contribution in [1.82, 2.24) is 10.6 Å². The van der Waals surface area contributed by atoms with Gasteiger partial charge in [0.25, 0.3) is 0 Å². The van der Waals surface area contributed by atoms with E-state index in [2.05, 4.69) is 16.0 Å². The van der Waals surface area contributed by atoms with Gasteiger partial charge in [-0.2, -0.15) is 0 Å². The van der Waals surface area contributed by atoms with Crippen molar-refractivity contribution < 1.29 is 72.3 Å². The molecular weight excluding hydrogens is 903 g/mol. The predicted molar refractivity (Wildman–Crippen MR) is 255 cm³/mol. The highest BCUT2D eigenvalue weighted by molar-refractivity contribution is 7.80. The molecule has 0 aromatic heterocycles. The minimum atomic E-state index is -0.533. The van der Waals surface area contributed by atoms with Crippen LogP contribution in [-0.2, 0) is 66.9 Å². The lowest BCUT2D eigenvalue weighted by molar-refractivity contribution is -0.122. The van der Waals surface area contributed by atoms with Crippen molar-refractivity contribution in [1.29, 1.82) is 0 Å². The lowest BCUT2D eigenvalue weighted by Gasteiger charge is -2.15. The summed E-state index contributed by atoms with van der Waals surface area (Å²) in [6.07, 6.45) is 1.29. The van der Waals surface area contributed by atoms with Gasteiger partial charge in [-0.05, 0) is 77.8 Å². The fourth-order valence-electron chi connectivity index (χ4n) is 6.40. The number of nitrogens with one attached hydrogen (secondary N) is 3. The highest BCUT2D eigenvalue weighted by atomic mass is 32.1. The summed E-state index contributed by atoms with van der Waals surface area (Å²) in [5.41, 5.74) is 3.94. The molecule has 0 aliphatic carbocycles. The summed E-state index contributed by atoms with van der Waals surface area (Å²) in [6, 6.07) is 21.5. The summed E-state index contributed by atoms with van der Waals surface area (Å²) in [5.74, 6) is 0.332. The van der Waals surface area contributed by atoms with E-state index >= 15 is 0 Å². The molecule has 18 nitrogen and oxygen atoms in total. The van der Waals surface area contributed by atoms with Crippen molar-refractivity contribution in [2.24, 2.45) is 0 Å². The number of carbonyl (C=O) groups is 2. The largest absolute Gasteiger partial charge is 0.508 e. The molecule has 0 radical (unpaired) electrons. The molecule has 0 unspecified atom stereocenters. The van der Waals surface area contributed by atoms with E-state index in [0.29, 0.717) is 171 Å². The molecule has 1 aliphatic heterocycles. The van der Waals surface area contributed by atoms with Crippen molar-refractivity contribution in [3.05, 3.63) is 107 Å². The molecule has 0 fully saturated rings. The van der Waals surface area contributed by atoms with Gasteiger partial charge in [-0.1, -0.05) is 24.3 Å². The number of anilines is 1. The number of aromatic hydroxyl groups is 3. The minimum absolute atomic E-state index is 0.00974. The van der Waals surface area contributed by atoms with E-state index in [1.807, 2.05) is 24.3 Å². The molecule has 0 saturated heterocycles. The fraction of sp³-hybridized carbons (Fsp3) is 0.449. The summed E-state index contributed by atoms with van der Waals surface area (Å²) < 4.78 is 56.0. The predicted octanol–water partition coefficient (Wildman–Crippen LogP) is 5.03. The monoisotopic (exact) mass is 965 g/mol. The average Bonchev–Trinajstić information content (AvgIpc) is 3.34. The number of phenolic OH excluding ortho intramolecular Hbond substituents is 3. The molecule has 19 heteroatoms. The number of carbonyl (C=O) groups excluding carboxylic acids is 2. The second-order valence-corrected chi connectivity index (χ2v) is 15.5. The van der Waals surface area contributed by atoms with Crippen LogP contribution in [0.25, 0.3) is 0 Å². The number of thiocarbonyl (C=S) groups is 1. The van der Waals surface area contributed by atoms with E-state index < -0.39 is 5.97 Å². The number of ether oxygens (including phenoxy) is 10. The zero-order chi connectivity index (χ0) is 48.0. The Morgan fingerprint density at radius 1 is 0.544 bits per heavy atom. The standard InChI is InChI=1S/C49H63N3O15S/c53-41-7-1-36(2-8-41)11-13-50-47(56)12-15-58-17-19-60-21-23-62-25-27-64-29-30-65-28-26-63-24-22-61-20-18-59-16-14-51-49(68)52-40-6-3-37-31-38-4-9-42(54)33-45(38)67-46-34-43(55)10-5-39(46)35-66-48(57)44(37)32-40/h1-10,32-34,53-55H,11-31,35H2,(H,50,56)(H2,51,52,68). The number of benzene rings is 4. The Kier molecular flexibility index (Phi) is 24.7. The highest BCUT2D eigenvalue weighted by Crippen LogP contribution is 2.36. The van der Waals surface area contributed by atoms with Gasteiger partial charge < -0.3 is 78.6 Å². The molecule has 4 aromatic rings. The van der Waals surface area contributed by atoms with Gasteiger partial charge in [0.1, 0.15) is 35.4 Å². The van der Waals surface area contributed by atoms with Gasteiger partial charge in [-0.15, -0.1) is 0 Å². The molecule has 0 saturated carbocycles. The molecular formula is C49H63N3O15S. The van der Waals surface area contributed by atoms with E-state index in [4.69, 9.17) is 59.6 Å². The van der Waals surface area contributed by atoms with Gasteiger partial charge in [-0.25, -0.2) is 4.79 Å². The molecule has 1 aliphatic rings. The van der Waals surface area contributed by atoms with Crippen LogP contribution in [0.5, 0.6) is 28.7 Å². The van der Waals surface area contributed by atoms with Gasteiger partial charge in [0.05, 0.1) is 111 Å². The topological polar surface area (TPSA) is 223 Å². The number of amides is 1. The first-order chi connectivity index (χ1) is 33.2. The zero-order valence-electron chi connectivity index (χ0n) is 38.2. The first-order valence-corrected chi connectivity index (χ1v) is 23.0. The lowest BCUT2D eigenvalue weighted by Crippen LogP contribution is -2.31.